The Morgan fingerprint density at radius 2 is 1.46 bits per heavy atom. The molecule has 28 heavy (non-hydrogen) atoms. The lowest BCUT2D eigenvalue weighted by molar-refractivity contribution is -0.149. The number of carbonyl (C=O) groups is 3. The molecule has 2 aromatic carbocycles. The Hall–Kier alpha value is -3.15. The van der Waals surface area contributed by atoms with Crippen molar-refractivity contribution >= 4 is 17.8 Å². The predicted octanol–water partition coefficient (Wildman–Crippen LogP) is 2.98. The number of rotatable bonds is 9. The van der Waals surface area contributed by atoms with Crippen LogP contribution in [0.5, 0.6) is 0 Å². The van der Waals surface area contributed by atoms with Crippen LogP contribution in [0.25, 0.3) is 0 Å². The number of carboxylic acid groups (broad SMARTS) is 1. The molecule has 2 N–H and O–H groups in total. The molecule has 0 bridgehead atoms. The molecule has 0 aromatic heterocycles. The van der Waals surface area contributed by atoms with E-state index in [9.17, 15) is 19.5 Å². The van der Waals surface area contributed by atoms with Gasteiger partial charge in [0.1, 0.15) is 6.04 Å². The van der Waals surface area contributed by atoms with E-state index in [1.807, 2.05) is 60.7 Å². The molecule has 0 aliphatic rings. The molecule has 6 nitrogen and oxygen atoms in total. The van der Waals surface area contributed by atoms with Gasteiger partial charge in [0.05, 0.1) is 18.4 Å². The quantitative estimate of drug-likeness (QED) is 0.650. The standard InChI is InChI=1S/C22H25NO5/c1-3-28-22(27)15(2)14-18(21(25)26)23-20(24)19(16-10-6-4-7-11-16)17-12-8-5-9-13-17/h4-13,15,18-19H,3,14H2,1-2H3,(H,23,24)(H,25,26)/t15-,18+/m0/s1. The van der Waals surface area contributed by atoms with Gasteiger partial charge in [0.15, 0.2) is 0 Å². The number of amides is 1. The van der Waals surface area contributed by atoms with Gasteiger partial charge in [0, 0.05) is 0 Å². The van der Waals surface area contributed by atoms with Crippen molar-refractivity contribution < 1.29 is 24.2 Å². The van der Waals surface area contributed by atoms with Gasteiger partial charge < -0.3 is 15.2 Å². The Kier molecular flexibility index (Phi) is 7.75. The Labute approximate surface area is 164 Å². The van der Waals surface area contributed by atoms with Gasteiger partial charge in [-0.3, -0.25) is 9.59 Å². The first-order chi connectivity index (χ1) is 13.4. The van der Waals surface area contributed by atoms with Gasteiger partial charge in [-0.05, 0) is 24.5 Å². The van der Waals surface area contributed by atoms with Crippen molar-refractivity contribution in [2.75, 3.05) is 6.61 Å². The lowest BCUT2D eigenvalue weighted by Crippen LogP contribution is -2.44. The van der Waals surface area contributed by atoms with Crippen molar-refractivity contribution in [3.05, 3.63) is 71.8 Å². The number of benzene rings is 2. The molecule has 0 heterocycles. The third-order valence-corrected chi connectivity index (χ3v) is 4.42. The molecule has 0 spiro atoms. The third-order valence-electron chi connectivity index (χ3n) is 4.42. The Bertz CT molecular complexity index is 752. The average Bonchev–Trinajstić information content (AvgIpc) is 2.69. The number of carbonyl (C=O) groups excluding carboxylic acids is 2. The van der Waals surface area contributed by atoms with Crippen LogP contribution in [0.1, 0.15) is 37.3 Å². The minimum absolute atomic E-state index is 0.0454. The van der Waals surface area contributed by atoms with E-state index >= 15 is 0 Å². The minimum Gasteiger partial charge on any atom is -0.480 e. The average molecular weight is 383 g/mol. The van der Waals surface area contributed by atoms with Crippen LogP contribution >= 0.6 is 0 Å². The normalized spacial score (nSPS) is 12.8. The van der Waals surface area contributed by atoms with Crippen LogP contribution in [0.4, 0.5) is 0 Å². The number of ether oxygens (including phenoxy) is 1. The molecule has 0 radical (unpaired) electrons. The van der Waals surface area contributed by atoms with Crippen LogP contribution in [0.3, 0.4) is 0 Å². The second-order valence-electron chi connectivity index (χ2n) is 6.54. The molecule has 0 saturated heterocycles. The summed E-state index contributed by atoms with van der Waals surface area (Å²) in [5, 5.41) is 12.1. The predicted molar refractivity (Wildman–Crippen MR) is 105 cm³/mol. The van der Waals surface area contributed by atoms with Crippen LogP contribution in [-0.2, 0) is 19.1 Å². The lowest BCUT2D eigenvalue weighted by Gasteiger charge is -2.22. The minimum atomic E-state index is -1.19. The van der Waals surface area contributed by atoms with Gasteiger partial charge in [-0.2, -0.15) is 0 Å². The molecule has 0 saturated carbocycles. The summed E-state index contributed by atoms with van der Waals surface area (Å²) in [5.74, 6) is -3.40. The largest absolute Gasteiger partial charge is 0.480 e. The van der Waals surface area contributed by atoms with Gasteiger partial charge in [0.25, 0.3) is 0 Å². The van der Waals surface area contributed by atoms with Crippen molar-refractivity contribution in [3.8, 4) is 0 Å². The number of hydrogen-bond donors (Lipinski definition) is 2. The van der Waals surface area contributed by atoms with E-state index in [1.165, 1.54) is 0 Å². The monoisotopic (exact) mass is 383 g/mol. The molecule has 148 valence electrons. The van der Waals surface area contributed by atoms with Crippen LogP contribution in [-0.4, -0.2) is 35.6 Å². The second-order valence-corrected chi connectivity index (χ2v) is 6.54. The van der Waals surface area contributed by atoms with Gasteiger partial charge in [-0.15, -0.1) is 0 Å². The maximum atomic E-state index is 13.0. The van der Waals surface area contributed by atoms with Crippen molar-refractivity contribution in [3.63, 3.8) is 0 Å². The van der Waals surface area contributed by atoms with E-state index in [0.29, 0.717) is 0 Å². The maximum Gasteiger partial charge on any atom is 0.326 e. The Balaban J connectivity index is 2.23. The van der Waals surface area contributed by atoms with E-state index in [0.717, 1.165) is 11.1 Å². The molecule has 2 atom stereocenters. The molecule has 2 rings (SSSR count). The van der Waals surface area contributed by atoms with E-state index < -0.39 is 35.7 Å². The summed E-state index contributed by atoms with van der Waals surface area (Å²) in [6, 6.07) is 17.1. The SMILES string of the molecule is CCOC(=O)[C@@H](C)C[C@@H](NC(=O)C(c1ccccc1)c1ccccc1)C(=O)O. The van der Waals surface area contributed by atoms with E-state index in [4.69, 9.17) is 4.74 Å². The number of nitrogens with one attached hydrogen (secondary N) is 1. The molecule has 0 fully saturated rings. The highest BCUT2D eigenvalue weighted by atomic mass is 16.5. The summed E-state index contributed by atoms with van der Waals surface area (Å²) in [4.78, 5) is 36.6. The highest BCUT2D eigenvalue weighted by Gasteiger charge is 2.30. The van der Waals surface area contributed by atoms with Crippen molar-refractivity contribution in [2.24, 2.45) is 5.92 Å². The molecule has 1 amide bonds. The summed E-state index contributed by atoms with van der Waals surface area (Å²) >= 11 is 0. The maximum absolute atomic E-state index is 13.0. The van der Waals surface area contributed by atoms with Crippen LogP contribution in [0.2, 0.25) is 0 Å². The van der Waals surface area contributed by atoms with Gasteiger partial charge in [-0.1, -0.05) is 67.6 Å². The number of hydrogen-bond acceptors (Lipinski definition) is 4. The summed E-state index contributed by atoms with van der Waals surface area (Å²) in [7, 11) is 0. The molecule has 0 unspecified atom stereocenters. The van der Waals surface area contributed by atoms with Crippen molar-refractivity contribution in [2.45, 2.75) is 32.2 Å². The number of aliphatic carboxylic acids is 1. The highest BCUT2D eigenvalue weighted by Crippen LogP contribution is 2.25. The van der Waals surface area contributed by atoms with E-state index in [2.05, 4.69) is 5.32 Å². The molecule has 0 aliphatic heterocycles. The van der Waals surface area contributed by atoms with Crippen LogP contribution in [0, 0.1) is 5.92 Å². The molecule has 2 aromatic rings. The summed E-state index contributed by atoms with van der Waals surface area (Å²) in [6.45, 7) is 3.49. The summed E-state index contributed by atoms with van der Waals surface area (Å²) in [6.07, 6.45) is -0.0454. The van der Waals surface area contributed by atoms with Gasteiger partial charge in [-0.25, -0.2) is 4.79 Å². The first-order valence-electron chi connectivity index (χ1n) is 9.23. The second kappa shape index (κ2) is 10.3. The Morgan fingerprint density at radius 3 is 1.89 bits per heavy atom. The zero-order valence-electron chi connectivity index (χ0n) is 16.0. The van der Waals surface area contributed by atoms with E-state index in [1.54, 1.807) is 13.8 Å². The van der Waals surface area contributed by atoms with E-state index in [-0.39, 0.29) is 13.0 Å². The molecular formula is C22H25NO5. The van der Waals surface area contributed by atoms with Gasteiger partial charge in [0.2, 0.25) is 5.91 Å². The first-order valence-corrected chi connectivity index (χ1v) is 9.23. The Morgan fingerprint density at radius 1 is 0.964 bits per heavy atom. The van der Waals surface area contributed by atoms with Crippen molar-refractivity contribution in [1.82, 2.24) is 5.32 Å². The summed E-state index contributed by atoms with van der Waals surface area (Å²) < 4.78 is 4.93. The van der Waals surface area contributed by atoms with Gasteiger partial charge >= 0.3 is 11.9 Å². The third kappa shape index (κ3) is 5.67. The fourth-order valence-corrected chi connectivity index (χ4v) is 3.00. The smallest absolute Gasteiger partial charge is 0.326 e. The fourth-order valence-electron chi connectivity index (χ4n) is 3.00. The van der Waals surface area contributed by atoms with Crippen LogP contribution < -0.4 is 5.32 Å². The topological polar surface area (TPSA) is 92.7 Å². The molecule has 0 aliphatic carbocycles. The first kappa shape index (κ1) is 21.2. The number of carboxylic acids is 1. The summed E-state index contributed by atoms with van der Waals surface area (Å²) in [5.41, 5.74) is 1.52. The van der Waals surface area contributed by atoms with Crippen LogP contribution in [0.15, 0.2) is 60.7 Å². The fraction of sp³-hybridized carbons (Fsp3) is 0.318. The number of esters is 1. The zero-order chi connectivity index (χ0) is 20.5. The lowest BCUT2D eigenvalue weighted by atomic mass is 9.90. The molecular weight excluding hydrogens is 358 g/mol. The zero-order valence-corrected chi connectivity index (χ0v) is 16.0. The van der Waals surface area contributed by atoms with Crippen molar-refractivity contribution in [1.29, 1.82) is 0 Å². The molecule has 6 heteroatoms. The highest BCUT2D eigenvalue weighted by molar-refractivity contribution is 5.90.